The van der Waals surface area contributed by atoms with E-state index in [1.165, 1.54) is 0 Å². The number of rotatable bonds is 4. The van der Waals surface area contributed by atoms with Crippen molar-refractivity contribution in [1.82, 2.24) is 24.8 Å². The average molecular weight is 382 g/mol. The highest BCUT2D eigenvalue weighted by atomic mass is 16.5. The van der Waals surface area contributed by atoms with Crippen LogP contribution < -0.4 is 5.32 Å². The zero-order chi connectivity index (χ0) is 19.6. The molecule has 1 amide bonds. The molecule has 8 heteroatoms. The molecule has 148 valence electrons. The number of amides is 1. The molecule has 2 aromatic heterocycles. The van der Waals surface area contributed by atoms with Gasteiger partial charge in [0, 0.05) is 56.7 Å². The van der Waals surface area contributed by atoms with Crippen LogP contribution in [0.2, 0.25) is 0 Å². The SMILES string of the molecule is Cc1ncc(C(C)Nc2ncc(C(=O)N3CCC4(CCOCC4)C3)cn2)cn1. The summed E-state index contributed by atoms with van der Waals surface area (Å²) in [5.41, 5.74) is 1.72. The van der Waals surface area contributed by atoms with Gasteiger partial charge in [0.25, 0.3) is 5.91 Å². The third kappa shape index (κ3) is 3.96. The van der Waals surface area contributed by atoms with E-state index in [4.69, 9.17) is 4.74 Å². The first-order chi connectivity index (χ1) is 13.5. The van der Waals surface area contributed by atoms with Gasteiger partial charge in [0.05, 0.1) is 11.6 Å². The number of hydrogen-bond acceptors (Lipinski definition) is 7. The number of ether oxygens (including phenoxy) is 1. The molecule has 1 N–H and O–H groups in total. The fourth-order valence-corrected chi connectivity index (χ4v) is 3.92. The Balaban J connectivity index is 1.37. The molecule has 2 aliphatic heterocycles. The van der Waals surface area contributed by atoms with Crippen molar-refractivity contribution in [2.45, 2.75) is 39.2 Å². The summed E-state index contributed by atoms with van der Waals surface area (Å²) in [6, 6.07) is -0.0332. The monoisotopic (exact) mass is 382 g/mol. The van der Waals surface area contributed by atoms with Crippen LogP contribution in [0.3, 0.4) is 0 Å². The van der Waals surface area contributed by atoms with Crippen LogP contribution in [-0.2, 0) is 4.74 Å². The van der Waals surface area contributed by atoms with Crippen molar-refractivity contribution in [1.29, 1.82) is 0 Å². The molecule has 2 fully saturated rings. The molecule has 1 unspecified atom stereocenters. The maximum absolute atomic E-state index is 12.8. The van der Waals surface area contributed by atoms with Crippen molar-refractivity contribution in [2.75, 3.05) is 31.6 Å². The molecule has 0 bridgehead atoms. The highest BCUT2D eigenvalue weighted by molar-refractivity contribution is 5.94. The maximum atomic E-state index is 12.8. The van der Waals surface area contributed by atoms with Crippen LogP contribution >= 0.6 is 0 Å². The number of likely N-dealkylation sites (tertiary alicyclic amines) is 1. The smallest absolute Gasteiger partial charge is 0.257 e. The molecule has 28 heavy (non-hydrogen) atoms. The highest BCUT2D eigenvalue weighted by Crippen LogP contribution is 2.40. The van der Waals surface area contributed by atoms with Gasteiger partial charge in [-0.25, -0.2) is 19.9 Å². The van der Waals surface area contributed by atoms with Crippen molar-refractivity contribution in [3.05, 3.63) is 41.7 Å². The van der Waals surface area contributed by atoms with Gasteiger partial charge in [-0.1, -0.05) is 0 Å². The van der Waals surface area contributed by atoms with Gasteiger partial charge in [0.15, 0.2) is 0 Å². The molecule has 2 aliphatic rings. The Morgan fingerprint density at radius 2 is 1.79 bits per heavy atom. The highest BCUT2D eigenvalue weighted by Gasteiger charge is 2.41. The number of carbonyl (C=O) groups excluding carboxylic acids is 1. The van der Waals surface area contributed by atoms with E-state index >= 15 is 0 Å². The number of aryl methyl sites for hydroxylation is 1. The summed E-state index contributed by atoms with van der Waals surface area (Å²) in [6.45, 7) is 7.05. The lowest BCUT2D eigenvalue weighted by Crippen LogP contribution is -2.35. The lowest BCUT2D eigenvalue weighted by atomic mass is 9.80. The Morgan fingerprint density at radius 3 is 2.46 bits per heavy atom. The minimum absolute atomic E-state index is 0.00917. The molecule has 4 rings (SSSR count). The fraction of sp³-hybridized carbons (Fsp3) is 0.550. The summed E-state index contributed by atoms with van der Waals surface area (Å²) in [5, 5.41) is 3.22. The number of nitrogens with zero attached hydrogens (tertiary/aromatic N) is 5. The minimum atomic E-state index is -0.0332. The topological polar surface area (TPSA) is 93.1 Å². The average Bonchev–Trinajstić information content (AvgIpc) is 3.12. The number of hydrogen-bond donors (Lipinski definition) is 1. The first-order valence-corrected chi connectivity index (χ1v) is 9.79. The van der Waals surface area contributed by atoms with Crippen LogP contribution in [0.5, 0.6) is 0 Å². The van der Waals surface area contributed by atoms with Gasteiger partial charge in [-0.3, -0.25) is 4.79 Å². The molecule has 8 nitrogen and oxygen atoms in total. The summed E-state index contributed by atoms with van der Waals surface area (Å²) in [4.78, 5) is 31.8. The minimum Gasteiger partial charge on any atom is -0.381 e. The molecule has 2 saturated heterocycles. The summed E-state index contributed by atoms with van der Waals surface area (Å²) < 4.78 is 5.48. The van der Waals surface area contributed by atoms with Crippen molar-refractivity contribution in [2.24, 2.45) is 5.41 Å². The van der Waals surface area contributed by atoms with Gasteiger partial charge in [0.1, 0.15) is 5.82 Å². The van der Waals surface area contributed by atoms with E-state index < -0.39 is 0 Å². The first-order valence-electron chi connectivity index (χ1n) is 9.79. The Morgan fingerprint density at radius 1 is 1.11 bits per heavy atom. The Kier molecular flexibility index (Phi) is 5.21. The van der Waals surface area contributed by atoms with Crippen LogP contribution in [0.15, 0.2) is 24.8 Å². The van der Waals surface area contributed by atoms with Crippen molar-refractivity contribution < 1.29 is 9.53 Å². The zero-order valence-electron chi connectivity index (χ0n) is 16.4. The second-order valence-corrected chi connectivity index (χ2v) is 7.81. The Labute approximate surface area is 164 Å². The van der Waals surface area contributed by atoms with E-state index in [9.17, 15) is 4.79 Å². The van der Waals surface area contributed by atoms with Gasteiger partial charge < -0.3 is 15.0 Å². The molecule has 0 radical (unpaired) electrons. The third-order valence-electron chi connectivity index (χ3n) is 5.82. The Hall–Kier alpha value is -2.61. The van der Waals surface area contributed by atoms with E-state index in [1.807, 2.05) is 18.7 Å². The van der Waals surface area contributed by atoms with Crippen LogP contribution in [0.1, 0.15) is 54.0 Å². The molecule has 1 spiro atoms. The van der Waals surface area contributed by atoms with E-state index in [1.54, 1.807) is 24.8 Å². The first kappa shape index (κ1) is 18.7. The zero-order valence-corrected chi connectivity index (χ0v) is 16.4. The van der Waals surface area contributed by atoms with E-state index in [0.29, 0.717) is 11.5 Å². The largest absolute Gasteiger partial charge is 0.381 e. The number of carbonyl (C=O) groups is 1. The summed E-state index contributed by atoms with van der Waals surface area (Å²) in [7, 11) is 0. The number of nitrogens with one attached hydrogen (secondary N) is 1. The second kappa shape index (κ2) is 7.79. The summed E-state index contributed by atoms with van der Waals surface area (Å²) >= 11 is 0. The van der Waals surface area contributed by atoms with Crippen LogP contribution in [-0.4, -0.2) is 57.0 Å². The molecular formula is C20H26N6O2. The van der Waals surface area contributed by atoms with E-state index in [0.717, 1.165) is 57.0 Å². The normalized spacial score (nSPS) is 19.6. The number of aromatic nitrogens is 4. The molecule has 4 heterocycles. The van der Waals surface area contributed by atoms with Gasteiger partial charge >= 0.3 is 0 Å². The van der Waals surface area contributed by atoms with Crippen molar-refractivity contribution >= 4 is 11.9 Å². The van der Waals surface area contributed by atoms with Gasteiger partial charge in [-0.2, -0.15) is 0 Å². The Bertz CT molecular complexity index is 818. The third-order valence-corrected chi connectivity index (χ3v) is 5.82. The van der Waals surface area contributed by atoms with Gasteiger partial charge in [0.2, 0.25) is 5.95 Å². The summed E-state index contributed by atoms with van der Waals surface area (Å²) in [5.74, 6) is 1.22. The fourth-order valence-electron chi connectivity index (χ4n) is 3.92. The van der Waals surface area contributed by atoms with Gasteiger partial charge in [-0.05, 0) is 38.5 Å². The molecule has 0 aromatic carbocycles. The van der Waals surface area contributed by atoms with Gasteiger partial charge in [-0.15, -0.1) is 0 Å². The quantitative estimate of drug-likeness (QED) is 0.868. The maximum Gasteiger partial charge on any atom is 0.257 e. The second-order valence-electron chi connectivity index (χ2n) is 7.81. The predicted octanol–water partition coefficient (Wildman–Crippen LogP) is 2.39. The van der Waals surface area contributed by atoms with Crippen LogP contribution in [0.4, 0.5) is 5.95 Å². The molecule has 0 saturated carbocycles. The molecule has 1 atom stereocenters. The van der Waals surface area contributed by atoms with Crippen molar-refractivity contribution in [3.63, 3.8) is 0 Å². The lowest BCUT2D eigenvalue weighted by Gasteiger charge is -2.33. The summed E-state index contributed by atoms with van der Waals surface area (Å²) in [6.07, 6.45) is 9.91. The van der Waals surface area contributed by atoms with E-state index in [-0.39, 0.29) is 17.4 Å². The lowest BCUT2D eigenvalue weighted by molar-refractivity contribution is 0.0191. The van der Waals surface area contributed by atoms with Crippen LogP contribution in [0, 0.1) is 12.3 Å². The van der Waals surface area contributed by atoms with E-state index in [2.05, 4.69) is 25.3 Å². The molecule has 2 aromatic rings. The standard InChI is InChI=1S/C20H26N6O2/c1-14(16-9-21-15(2)22-10-16)25-19-23-11-17(12-24-19)18(27)26-6-3-20(13-26)4-7-28-8-5-20/h9-12,14H,3-8,13H2,1-2H3,(H,23,24,25). The molecular weight excluding hydrogens is 356 g/mol. The molecule has 0 aliphatic carbocycles. The predicted molar refractivity (Wildman–Crippen MR) is 104 cm³/mol. The number of anilines is 1. The van der Waals surface area contributed by atoms with Crippen LogP contribution in [0.25, 0.3) is 0 Å². The van der Waals surface area contributed by atoms with Crippen molar-refractivity contribution in [3.8, 4) is 0 Å².